The molecule has 10 heteroatoms. The summed E-state index contributed by atoms with van der Waals surface area (Å²) < 4.78 is 18.0. The smallest absolute Gasteiger partial charge is 0.408 e. The molecule has 0 bridgehead atoms. The lowest BCUT2D eigenvalue weighted by molar-refractivity contribution is -0.142. The molecule has 0 saturated heterocycles. The number of carboxylic acid groups (broad SMARTS) is 1. The number of carbonyl (C=O) groups excluding carboxylic acids is 3. The molecule has 9 nitrogen and oxygen atoms in total. The summed E-state index contributed by atoms with van der Waals surface area (Å²) in [4.78, 5) is 50.7. The molecule has 0 aliphatic rings. The molecule has 3 amide bonds. The number of aliphatic carboxylic acids is 1. The minimum atomic E-state index is -1.31. The van der Waals surface area contributed by atoms with E-state index < -0.39 is 54.3 Å². The van der Waals surface area contributed by atoms with Crippen LogP contribution in [-0.4, -0.2) is 59.4 Å². The number of carboxylic acids is 1. The lowest BCUT2D eigenvalue weighted by Gasteiger charge is -2.26. The summed E-state index contributed by atoms with van der Waals surface area (Å²) in [5, 5.41) is 17.1. The van der Waals surface area contributed by atoms with Crippen LogP contribution in [0.15, 0.2) is 60.7 Å². The van der Waals surface area contributed by atoms with E-state index in [0.29, 0.717) is 0 Å². The highest BCUT2D eigenvalue weighted by atomic mass is 19.1. The van der Waals surface area contributed by atoms with Crippen LogP contribution in [0, 0.1) is 0 Å². The number of hydrogen-bond acceptors (Lipinski definition) is 5. The molecule has 0 aliphatic heterocycles. The summed E-state index contributed by atoms with van der Waals surface area (Å²) in [6.45, 7) is 4.37. The molecule has 0 heterocycles. The van der Waals surface area contributed by atoms with Crippen molar-refractivity contribution in [2.75, 3.05) is 6.67 Å². The first kappa shape index (κ1) is 30.3. The Morgan fingerprint density at radius 3 is 1.66 bits per heavy atom. The van der Waals surface area contributed by atoms with Gasteiger partial charge in [0.2, 0.25) is 11.8 Å². The van der Waals surface area contributed by atoms with E-state index in [4.69, 9.17) is 4.74 Å². The van der Waals surface area contributed by atoms with Crippen molar-refractivity contribution in [2.24, 2.45) is 0 Å². The van der Waals surface area contributed by atoms with Gasteiger partial charge in [-0.3, -0.25) is 14.0 Å². The maximum absolute atomic E-state index is 13.4. The summed E-state index contributed by atoms with van der Waals surface area (Å²) in [7, 11) is 0. The number of halogens is 1. The standard InChI is InChI=1S/C28H36FN3O6/c1-28(2,3)38-27(37)32-23(18-20-13-8-5-9-14-20)25(34)31-22(17-19-11-6-4-7-12-19)24(33)30-21(26(35)36)15-10-16-29/h4-9,11-14,21-23H,10,15-18H2,1-3H3,(H,30,33)(H,31,34)(H,32,37)(H,35,36)/t21?,22-,23-/m1/s1. The predicted molar refractivity (Wildman–Crippen MR) is 140 cm³/mol. The van der Waals surface area contributed by atoms with E-state index in [1.165, 1.54) is 0 Å². The van der Waals surface area contributed by atoms with Crippen LogP contribution in [0.25, 0.3) is 0 Å². The number of ether oxygens (including phenoxy) is 1. The minimum absolute atomic E-state index is 0.0358. The Hall–Kier alpha value is -3.95. The fourth-order valence-corrected chi connectivity index (χ4v) is 3.65. The molecule has 2 aromatic carbocycles. The van der Waals surface area contributed by atoms with Gasteiger partial charge in [-0.2, -0.15) is 0 Å². The van der Waals surface area contributed by atoms with E-state index in [-0.39, 0.29) is 25.7 Å². The first-order chi connectivity index (χ1) is 18.0. The molecule has 0 radical (unpaired) electrons. The van der Waals surface area contributed by atoms with Gasteiger partial charge in [-0.25, -0.2) is 9.59 Å². The van der Waals surface area contributed by atoms with Gasteiger partial charge in [0.25, 0.3) is 0 Å². The van der Waals surface area contributed by atoms with Crippen molar-refractivity contribution < 1.29 is 33.4 Å². The van der Waals surface area contributed by atoms with Crippen LogP contribution >= 0.6 is 0 Å². The lowest BCUT2D eigenvalue weighted by atomic mass is 10.0. The zero-order chi connectivity index (χ0) is 28.1. The molecular formula is C28H36FN3O6. The first-order valence-corrected chi connectivity index (χ1v) is 12.5. The van der Waals surface area contributed by atoms with Crippen LogP contribution < -0.4 is 16.0 Å². The molecule has 4 N–H and O–H groups in total. The van der Waals surface area contributed by atoms with Gasteiger partial charge >= 0.3 is 12.1 Å². The maximum Gasteiger partial charge on any atom is 0.408 e. The average Bonchev–Trinajstić information content (AvgIpc) is 2.85. The highest BCUT2D eigenvalue weighted by Crippen LogP contribution is 2.10. The molecule has 0 aliphatic carbocycles. The molecule has 2 rings (SSSR count). The average molecular weight is 530 g/mol. The Bertz CT molecular complexity index is 1060. The summed E-state index contributed by atoms with van der Waals surface area (Å²) in [5.41, 5.74) is 0.701. The van der Waals surface area contributed by atoms with Gasteiger partial charge in [0.05, 0.1) is 6.67 Å². The number of benzene rings is 2. The third-order valence-corrected chi connectivity index (χ3v) is 5.45. The van der Waals surface area contributed by atoms with Gasteiger partial charge < -0.3 is 25.8 Å². The van der Waals surface area contributed by atoms with Crippen molar-refractivity contribution in [2.45, 2.75) is 70.2 Å². The molecule has 3 atom stereocenters. The zero-order valence-corrected chi connectivity index (χ0v) is 21.9. The van der Waals surface area contributed by atoms with Gasteiger partial charge in [-0.05, 0) is 44.7 Å². The number of alkyl halides is 1. The van der Waals surface area contributed by atoms with Gasteiger partial charge in [-0.15, -0.1) is 0 Å². The van der Waals surface area contributed by atoms with E-state index in [1.807, 2.05) is 6.07 Å². The van der Waals surface area contributed by atoms with Crippen LogP contribution in [0.4, 0.5) is 9.18 Å². The van der Waals surface area contributed by atoms with Gasteiger partial charge in [-0.1, -0.05) is 60.7 Å². The Kier molecular flexibility index (Phi) is 11.7. The predicted octanol–water partition coefficient (Wildman–Crippen LogP) is 3.17. The van der Waals surface area contributed by atoms with Crippen molar-refractivity contribution in [1.82, 2.24) is 16.0 Å². The minimum Gasteiger partial charge on any atom is -0.480 e. The van der Waals surface area contributed by atoms with Crippen LogP contribution in [0.2, 0.25) is 0 Å². The molecular weight excluding hydrogens is 493 g/mol. The van der Waals surface area contributed by atoms with Crippen molar-refractivity contribution in [3.8, 4) is 0 Å². The molecule has 0 aromatic heterocycles. The normalized spacial score (nSPS) is 13.5. The van der Waals surface area contributed by atoms with Gasteiger partial charge in [0.15, 0.2) is 0 Å². The molecule has 38 heavy (non-hydrogen) atoms. The second kappa shape index (κ2) is 14.7. The molecule has 0 spiro atoms. The van der Waals surface area contributed by atoms with Crippen LogP contribution in [0.3, 0.4) is 0 Å². The number of carbonyl (C=O) groups is 4. The van der Waals surface area contributed by atoms with Crippen LogP contribution in [-0.2, 0) is 32.0 Å². The number of amides is 3. The van der Waals surface area contributed by atoms with Gasteiger partial charge in [0.1, 0.15) is 23.7 Å². The van der Waals surface area contributed by atoms with E-state index >= 15 is 0 Å². The number of hydrogen-bond donors (Lipinski definition) is 4. The number of rotatable bonds is 13. The second-order valence-corrected chi connectivity index (χ2v) is 9.87. The lowest BCUT2D eigenvalue weighted by Crippen LogP contribution is -2.57. The van der Waals surface area contributed by atoms with Gasteiger partial charge in [0, 0.05) is 12.8 Å². The number of nitrogens with one attached hydrogen (secondary N) is 3. The quantitative estimate of drug-likeness (QED) is 0.315. The fourth-order valence-electron chi connectivity index (χ4n) is 3.65. The topological polar surface area (TPSA) is 134 Å². The Morgan fingerprint density at radius 1 is 0.789 bits per heavy atom. The van der Waals surface area contributed by atoms with E-state index in [2.05, 4.69) is 16.0 Å². The third-order valence-electron chi connectivity index (χ3n) is 5.45. The fraction of sp³-hybridized carbons (Fsp3) is 0.429. The Morgan fingerprint density at radius 2 is 1.24 bits per heavy atom. The highest BCUT2D eigenvalue weighted by molar-refractivity contribution is 5.93. The van der Waals surface area contributed by atoms with Crippen LogP contribution in [0.5, 0.6) is 0 Å². The summed E-state index contributed by atoms with van der Waals surface area (Å²) >= 11 is 0. The largest absolute Gasteiger partial charge is 0.480 e. The van der Waals surface area contributed by atoms with E-state index in [1.54, 1.807) is 75.4 Å². The summed E-state index contributed by atoms with van der Waals surface area (Å²) in [6.07, 6.45) is -0.736. The first-order valence-electron chi connectivity index (χ1n) is 12.5. The summed E-state index contributed by atoms with van der Waals surface area (Å²) in [5.74, 6) is -2.68. The van der Waals surface area contributed by atoms with E-state index in [0.717, 1.165) is 11.1 Å². The van der Waals surface area contributed by atoms with Crippen molar-refractivity contribution >= 4 is 23.9 Å². The third kappa shape index (κ3) is 11.0. The Labute approximate surface area is 222 Å². The number of alkyl carbamates (subject to hydrolysis) is 1. The monoisotopic (exact) mass is 529 g/mol. The zero-order valence-electron chi connectivity index (χ0n) is 21.9. The SMILES string of the molecule is CC(C)(C)OC(=O)N[C@H](Cc1ccccc1)C(=O)N[C@H](Cc1ccccc1)C(=O)NC(CCCF)C(=O)O. The molecule has 0 saturated carbocycles. The van der Waals surface area contributed by atoms with Crippen molar-refractivity contribution in [1.29, 1.82) is 0 Å². The molecule has 2 aromatic rings. The summed E-state index contributed by atoms with van der Waals surface area (Å²) in [6, 6.07) is 14.3. The molecule has 0 fully saturated rings. The maximum atomic E-state index is 13.4. The second-order valence-electron chi connectivity index (χ2n) is 9.87. The molecule has 1 unspecified atom stereocenters. The van der Waals surface area contributed by atoms with E-state index in [9.17, 15) is 28.7 Å². The van der Waals surface area contributed by atoms with Crippen molar-refractivity contribution in [3.63, 3.8) is 0 Å². The highest BCUT2D eigenvalue weighted by Gasteiger charge is 2.30. The van der Waals surface area contributed by atoms with Crippen LogP contribution in [0.1, 0.15) is 44.7 Å². The molecule has 206 valence electrons. The Balaban J connectivity index is 2.27. The van der Waals surface area contributed by atoms with Crippen molar-refractivity contribution in [3.05, 3.63) is 71.8 Å².